The van der Waals surface area contributed by atoms with Crippen LogP contribution < -0.4 is 5.73 Å². The highest BCUT2D eigenvalue weighted by Crippen LogP contribution is 2.40. The summed E-state index contributed by atoms with van der Waals surface area (Å²) in [6, 6.07) is 0. The van der Waals surface area contributed by atoms with Crippen molar-refractivity contribution in [1.29, 1.82) is 0 Å². The van der Waals surface area contributed by atoms with E-state index >= 15 is 0 Å². The van der Waals surface area contributed by atoms with Gasteiger partial charge in [0, 0.05) is 13.5 Å². The van der Waals surface area contributed by atoms with Crippen LogP contribution >= 0.6 is 0 Å². The van der Waals surface area contributed by atoms with E-state index in [0.717, 1.165) is 43.3 Å². The second kappa shape index (κ2) is 5.80. The monoisotopic (exact) mass is 252 g/mol. The van der Waals surface area contributed by atoms with Gasteiger partial charge in [0.1, 0.15) is 11.4 Å². The minimum Gasteiger partial charge on any atom is -0.370 e. The predicted octanol–water partition coefficient (Wildman–Crippen LogP) is 1.75. The van der Waals surface area contributed by atoms with Crippen LogP contribution in [0.2, 0.25) is 0 Å². The largest absolute Gasteiger partial charge is 0.370 e. The average molecular weight is 252 g/mol. The number of rotatable bonds is 5. The van der Waals surface area contributed by atoms with Crippen LogP contribution in [0.25, 0.3) is 0 Å². The van der Waals surface area contributed by atoms with Gasteiger partial charge in [-0.15, -0.1) is 0 Å². The van der Waals surface area contributed by atoms with Crippen LogP contribution in [0.5, 0.6) is 0 Å². The van der Waals surface area contributed by atoms with Gasteiger partial charge in [-0.3, -0.25) is 5.10 Å². The van der Waals surface area contributed by atoms with E-state index in [4.69, 9.17) is 10.5 Å². The van der Waals surface area contributed by atoms with Crippen molar-refractivity contribution in [3.8, 4) is 0 Å². The molecule has 5 heteroatoms. The van der Waals surface area contributed by atoms with E-state index in [1.54, 1.807) is 7.11 Å². The number of aromatic amines is 1. The zero-order valence-electron chi connectivity index (χ0n) is 11.4. The molecule has 1 saturated carbocycles. The summed E-state index contributed by atoms with van der Waals surface area (Å²) in [6.07, 6.45) is 6.18. The summed E-state index contributed by atoms with van der Waals surface area (Å²) in [7, 11) is 1.77. The lowest BCUT2D eigenvalue weighted by Gasteiger charge is -2.35. The Morgan fingerprint density at radius 3 is 2.78 bits per heavy atom. The number of nitrogens with zero attached hydrogens (tertiary/aromatic N) is 2. The van der Waals surface area contributed by atoms with Crippen LogP contribution in [0.3, 0.4) is 0 Å². The van der Waals surface area contributed by atoms with Crippen molar-refractivity contribution in [3.05, 3.63) is 11.6 Å². The fraction of sp³-hybridized carbons (Fsp3) is 0.846. The Bertz CT molecular complexity index is 369. The highest BCUT2D eigenvalue weighted by molar-refractivity contribution is 5.05. The number of hydrogen-bond acceptors (Lipinski definition) is 4. The maximum atomic E-state index is 5.76. The summed E-state index contributed by atoms with van der Waals surface area (Å²) in [6.45, 7) is 2.98. The number of methoxy groups -OCH3 is 1. The smallest absolute Gasteiger partial charge is 0.182 e. The summed E-state index contributed by atoms with van der Waals surface area (Å²) < 4.78 is 5.76. The van der Waals surface area contributed by atoms with Gasteiger partial charge in [0.2, 0.25) is 0 Å². The van der Waals surface area contributed by atoms with E-state index < -0.39 is 0 Å². The van der Waals surface area contributed by atoms with Gasteiger partial charge in [0.15, 0.2) is 5.82 Å². The molecule has 18 heavy (non-hydrogen) atoms. The van der Waals surface area contributed by atoms with Crippen LogP contribution in [0.15, 0.2) is 0 Å². The standard InChI is InChI=1S/C13H24N4O/c1-10-5-7-13(18-2,8-6-10)12-15-11(16-17-12)4-3-9-14/h10H,3-9,14H2,1-2H3,(H,15,16,17). The molecule has 1 aromatic rings. The summed E-state index contributed by atoms with van der Waals surface area (Å²) in [5.41, 5.74) is 5.23. The molecular weight excluding hydrogens is 228 g/mol. The number of H-pyrrole nitrogens is 1. The molecule has 0 amide bonds. The molecule has 0 saturated heterocycles. The first-order valence-electron chi connectivity index (χ1n) is 6.87. The lowest BCUT2D eigenvalue weighted by molar-refractivity contribution is -0.0595. The third-order valence-corrected chi connectivity index (χ3v) is 4.03. The number of aromatic nitrogens is 3. The van der Waals surface area contributed by atoms with Crippen LogP contribution in [0.1, 0.15) is 50.7 Å². The number of aryl methyl sites for hydroxylation is 1. The molecule has 0 spiro atoms. The molecular formula is C13H24N4O. The quantitative estimate of drug-likeness (QED) is 0.837. The Morgan fingerprint density at radius 2 is 2.17 bits per heavy atom. The van der Waals surface area contributed by atoms with Crippen molar-refractivity contribution < 1.29 is 4.74 Å². The van der Waals surface area contributed by atoms with E-state index in [9.17, 15) is 0 Å². The molecule has 0 unspecified atom stereocenters. The third-order valence-electron chi connectivity index (χ3n) is 4.03. The topological polar surface area (TPSA) is 76.8 Å². The first-order valence-corrected chi connectivity index (χ1v) is 6.87. The summed E-state index contributed by atoms with van der Waals surface area (Å²) in [4.78, 5) is 4.59. The van der Waals surface area contributed by atoms with Gasteiger partial charge in [0.05, 0.1) is 0 Å². The van der Waals surface area contributed by atoms with Gasteiger partial charge in [-0.1, -0.05) is 6.92 Å². The molecule has 3 N–H and O–H groups in total. The first-order chi connectivity index (χ1) is 8.70. The lowest BCUT2D eigenvalue weighted by Crippen LogP contribution is -2.34. The minimum absolute atomic E-state index is 0.274. The molecule has 0 aromatic carbocycles. The molecule has 5 nitrogen and oxygen atoms in total. The van der Waals surface area contributed by atoms with Crippen LogP contribution in [-0.4, -0.2) is 28.8 Å². The molecule has 1 fully saturated rings. The SMILES string of the molecule is COC1(c2n[nH]c(CCCN)n2)CCC(C)CC1. The Balaban J connectivity index is 2.09. The first kappa shape index (κ1) is 13.5. The lowest BCUT2D eigenvalue weighted by atomic mass is 9.79. The highest BCUT2D eigenvalue weighted by atomic mass is 16.5. The molecule has 102 valence electrons. The number of ether oxygens (including phenoxy) is 1. The number of nitrogens with two attached hydrogens (primary N) is 1. The summed E-state index contributed by atoms with van der Waals surface area (Å²) in [5.74, 6) is 2.53. The Kier molecular flexibility index (Phi) is 4.35. The van der Waals surface area contributed by atoms with Crippen molar-refractivity contribution >= 4 is 0 Å². The molecule has 0 aliphatic heterocycles. The summed E-state index contributed by atoms with van der Waals surface area (Å²) >= 11 is 0. The average Bonchev–Trinajstić information content (AvgIpc) is 2.87. The zero-order chi connectivity index (χ0) is 13.0. The van der Waals surface area contributed by atoms with E-state index in [1.807, 2.05) is 0 Å². The van der Waals surface area contributed by atoms with Gasteiger partial charge < -0.3 is 10.5 Å². The zero-order valence-corrected chi connectivity index (χ0v) is 11.4. The summed E-state index contributed by atoms with van der Waals surface area (Å²) in [5, 5.41) is 7.37. The maximum Gasteiger partial charge on any atom is 0.182 e. The molecule has 2 rings (SSSR count). The second-order valence-corrected chi connectivity index (χ2v) is 5.38. The Hall–Kier alpha value is -0.940. The normalized spacial score (nSPS) is 28.5. The highest BCUT2D eigenvalue weighted by Gasteiger charge is 2.39. The van der Waals surface area contributed by atoms with Gasteiger partial charge in [-0.2, -0.15) is 5.10 Å². The Labute approximate surface area is 109 Å². The number of nitrogens with one attached hydrogen (secondary N) is 1. The predicted molar refractivity (Wildman–Crippen MR) is 70.1 cm³/mol. The van der Waals surface area contributed by atoms with Crippen molar-refractivity contribution in [3.63, 3.8) is 0 Å². The molecule has 1 aliphatic carbocycles. The molecule has 0 bridgehead atoms. The van der Waals surface area contributed by atoms with E-state index in [-0.39, 0.29) is 5.60 Å². The Morgan fingerprint density at radius 1 is 1.44 bits per heavy atom. The van der Waals surface area contributed by atoms with Gasteiger partial charge in [-0.25, -0.2) is 4.98 Å². The van der Waals surface area contributed by atoms with Crippen LogP contribution in [-0.2, 0) is 16.8 Å². The molecule has 0 atom stereocenters. The van der Waals surface area contributed by atoms with E-state index in [2.05, 4.69) is 22.1 Å². The van der Waals surface area contributed by atoms with Crippen molar-refractivity contribution in [2.75, 3.05) is 13.7 Å². The third kappa shape index (κ3) is 2.72. The van der Waals surface area contributed by atoms with Crippen molar-refractivity contribution in [2.45, 2.75) is 51.0 Å². The molecule has 1 aromatic heterocycles. The molecule has 1 aliphatic rings. The van der Waals surface area contributed by atoms with Gasteiger partial charge in [0.25, 0.3) is 0 Å². The minimum atomic E-state index is -0.274. The number of hydrogen-bond donors (Lipinski definition) is 2. The van der Waals surface area contributed by atoms with Crippen LogP contribution in [0.4, 0.5) is 0 Å². The molecule has 1 heterocycles. The van der Waals surface area contributed by atoms with E-state index in [0.29, 0.717) is 6.54 Å². The van der Waals surface area contributed by atoms with E-state index in [1.165, 1.54) is 12.8 Å². The van der Waals surface area contributed by atoms with Crippen molar-refractivity contribution in [2.24, 2.45) is 11.7 Å². The van der Waals surface area contributed by atoms with Crippen LogP contribution in [0, 0.1) is 5.92 Å². The van der Waals surface area contributed by atoms with Gasteiger partial charge in [-0.05, 0) is 44.6 Å². The maximum absolute atomic E-state index is 5.76. The fourth-order valence-corrected chi connectivity index (χ4v) is 2.63. The molecule has 0 radical (unpaired) electrons. The van der Waals surface area contributed by atoms with Crippen molar-refractivity contribution in [1.82, 2.24) is 15.2 Å². The van der Waals surface area contributed by atoms with Gasteiger partial charge >= 0.3 is 0 Å². The fourth-order valence-electron chi connectivity index (χ4n) is 2.63. The second-order valence-electron chi connectivity index (χ2n) is 5.38.